The fourth-order valence-corrected chi connectivity index (χ4v) is 3.80. The first-order chi connectivity index (χ1) is 13.3. The highest BCUT2D eigenvalue weighted by Crippen LogP contribution is 2.32. The number of para-hydroxylation sites is 3. The van der Waals surface area contributed by atoms with Gasteiger partial charge < -0.3 is 10.5 Å². The summed E-state index contributed by atoms with van der Waals surface area (Å²) in [7, 11) is 0. The number of rotatable bonds is 4. The number of guanidine groups is 1. The Morgan fingerprint density at radius 2 is 1.89 bits per heavy atom. The van der Waals surface area contributed by atoms with Gasteiger partial charge in [-0.1, -0.05) is 30.3 Å². The molecule has 2 aromatic heterocycles. The average molecular weight is 376 g/mol. The number of nitrogens with one attached hydrogen (secondary N) is 1. The Morgan fingerprint density at radius 1 is 1.07 bits per heavy atom. The van der Waals surface area contributed by atoms with Gasteiger partial charge in [-0.25, -0.2) is 15.0 Å². The number of fused-ring (bicyclic) bond motifs is 3. The summed E-state index contributed by atoms with van der Waals surface area (Å²) in [6, 6.07) is 17.6. The van der Waals surface area contributed by atoms with E-state index in [0.717, 1.165) is 27.5 Å². The van der Waals surface area contributed by atoms with Crippen LogP contribution in [0.15, 0.2) is 65.0 Å². The molecule has 1 atom stereocenters. The third-order valence-electron chi connectivity index (χ3n) is 4.28. The monoisotopic (exact) mass is 376 g/mol. The van der Waals surface area contributed by atoms with Crippen molar-refractivity contribution in [1.29, 1.82) is 0 Å². The molecule has 4 aromatic rings. The molecule has 2 aromatic carbocycles. The minimum absolute atomic E-state index is 0.331. The van der Waals surface area contributed by atoms with Gasteiger partial charge in [0.25, 0.3) is 0 Å². The number of aromatic nitrogens is 3. The molecule has 1 aliphatic heterocycles. The molecule has 0 radical (unpaired) electrons. The second-order valence-electron chi connectivity index (χ2n) is 6.07. The van der Waals surface area contributed by atoms with Crippen LogP contribution in [0.1, 0.15) is 16.9 Å². The van der Waals surface area contributed by atoms with E-state index in [1.165, 1.54) is 0 Å². The van der Waals surface area contributed by atoms with Gasteiger partial charge >= 0.3 is 0 Å². The molecule has 0 aliphatic carbocycles. The van der Waals surface area contributed by atoms with Crippen LogP contribution in [0.3, 0.4) is 0 Å². The molecule has 0 saturated carbocycles. The molecular formula is C19H16N6OS. The fourth-order valence-electron chi connectivity index (χ4n) is 3.09. The molecule has 1 aliphatic rings. The Labute approximate surface area is 159 Å². The van der Waals surface area contributed by atoms with Crippen molar-refractivity contribution in [3.63, 3.8) is 0 Å². The summed E-state index contributed by atoms with van der Waals surface area (Å²) in [6.45, 7) is 0.413. The highest BCUT2D eigenvalue weighted by Gasteiger charge is 2.26. The molecule has 8 heteroatoms. The number of anilines is 1. The number of thiazole rings is 1. The lowest BCUT2D eigenvalue weighted by Crippen LogP contribution is -2.31. The van der Waals surface area contributed by atoms with Crippen LogP contribution < -0.4 is 15.8 Å². The molecule has 5 rings (SSSR count). The summed E-state index contributed by atoms with van der Waals surface area (Å²) in [5.74, 6) is 1.82. The lowest BCUT2D eigenvalue weighted by atomic mass is 10.3. The second kappa shape index (κ2) is 6.40. The quantitative estimate of drug-likeness (QED) is 0.570. The van der Waals surface area contributed by atoms with Gasteiger partial charge in [-0.2, -0.15) is 0 Å². The van der Waals surface area contributed by atoms with Crippen molar-refractivity contribution in [2.45, 2.75) is 12.8 Å². The standard InChI is InChI=1S/C19H16N6OS/c20-18-23-17(25-15-9-5-4-8-13(15)22-19(25)24-18)14-11-27-16(21-14)10-26-12-6-2-1-3-7-12/h1-9,11,17H,10H2,(H3,20,22,23,24). The van der Waals surface area contributed by atoms with Crippen molar-refractivity contribution < 1.29 is 4.74 Å². The number of benzene rings is 2. The van der Waals surface area contributed by atoms with Crippen LogP contribution in [0.5, 0.6) is 5.75 Å². The van der Waals surface area contributed by atoms with E-state index in [-0.39, 0.29) is 6.17 Å². The third kappa shape index (κ3) is 2.89. The van der Waals surface area contributed by atoms with Crippen LogP contribution in [0.2, 0.25) is 0 Å². The van der Waals surface area contributed by atoms with E-state index in [2.05, 4.69) is 15.3 Å². The maximum Gasteiger partial charge on any atom is 0.212 e. The first-order valence-corrected chi connectivity index (χ1v) is 9.35. The number of ether oxygens (including phenoxy) is 1. The van der Waals surface area contributed by atoms with Crippen LogP contribution in [0.25, 0.3) is 11.0 Å². The third-order valence-corrected chi connectivity index (χ3v) is 5.12. The van der Waals surface area contributed by atoms with Gasteiger partial charge in [0.05, 0.1) is 16.7 Å². The molecule has 0 amide bonds. The smallest absolute Gasteiger partial charge is 0.212 e. The molecule has 7 nitrogen and oxygen atoms in total. The highest BCUT2D eigenvalue weighted by molar-refractivity contribution is 7.09. The minimum Gasteiger partial charge on any atom is -0.486 e. The number of nitrogens with zero attached hydrogens (tertiary/aromatic N) is 4. The Kier molecular flexibility index (Phi) is 3.75. The van der Waals surface area contributed by atoms with Crippen molar-refractivity contribution in [3.05, 3.63) is 70.7 Å². The first kappa shape index (κ1) is 15.8. The summed E-state index contributed by atoms with van der Waals surface area (Å²) in [5.41, 5.74) is 8.67. The van der Waals surface area contributed by atoms with Gasteiger partial charge in [0.2, 0.25) is 5.95 Å². The Balaban J connectivity index is 1.46. The van der Waals surface area contributed by atoms with Crippen molar-refractivity contribution in [3.8, 4) is 5.75 Å². The zero-order valence-corrected chi connectivity index (χ0v) is 15.1. The molecular weight excluding hydrogens is 360 g/mol. The number of imidazole rings is 1. The average Bonchev–Trinajstić information content (AvgIpc) is 3.31. The number of hydrogen-bond donors (Lipinski definition) is 2. The molecule has 0 fully saturated rings. The van der Waals surface area contributed by atoms with Gasteiger partial charge in [-0.15, -0.1) is 11.3 Å². The largest absolute Gasteiger partial charge is 0.486 e. The Morgan fingerprint density at radius 3 is 2.78 bits per heavy atom. The highest BCUT2D eigenvalue weighted by atomic mass is 32.1. The fraction of sp³-hybridized carbons (Fsp3) is 0.105. The Hall–Kier alpha value is -3.39. The van der Waals surface area contributed by atoms with Crippen molar-refractivity contribution in [1.82, 2.24) is 14.5 Å². The zero-order chi connectivity index (χ0) is 18.2. The van der Waals surface area contributed by atoms with Crippen molar-refractivity contribution in [2.24, 2.45) is 10.7 Å². The lowest BCUT2D eigenvalue weighted by molar-refractivity contribution is 0.305. The van der Waals surface area contributed by atoms with Crippen molar-refractivity contribution >= 4 is 34.3 Å². The van der Waals surface area contributed by atoms with Gasteiger partial charge in [0, 0.05) is 5.38 Å². The van der Waals surface area contributed by atoms with Crippen molar-refractivity contribution in [2.75, 3.05) is 5.32 Å². The van der Waals surface area contributed by atoms with Crippen LogP contribution in [-0.4, -0.2) is 20.5 Å². The Bertz CT molecular complexity index is 1130. The summed E-state index contributed by atoms with van der Waals surface area (Å²) >= 11 is 1.55. The van der Waals surface area contributed by atoms with E-state index in [0.29, 0.717) is 18.5 Å². The predicted molar refractivity (Wildman–Crippen MR) is 106 cm³/mol. The van der Waals surface area contributed by atoms with Gasteiger partial charge in [0.15, 0.2) is 12.1 Å². The van der Waals surface area contributed by atoms with Gasteiger partial charge in [0.1, 0.15) is 17.4 Å². The minimum atomic E-state index is -0.352. The van der Waals surface area contributed by atoms with Crippen LogP contribution in [0.4, 0.5) is 5.95 Å². The summed E-state index contributed by atoms with van der Waals surface area (Å²) < 4.78 is 7.81. The first-order valence-electron chi connectivity index (χ1n) is 8.47. The SMILES string of the molecule is NC1=NC(c2csc(COc3ccccc3)n2)n2c(nc3ccccc32)N1. The second-order valence-corrected chi connectivity index (χ2v) is 7.02. The van der Waals surface area contributed by atoms with E-state index in [1.807, 2.05) is 64.5 Å². The van der Waals surface area contributed by atoms with E-state index in [9.17, 15) is 0 Å². The number of hydrogen-bond acceptors (Lipinski definition) is 7. The molecule has 0 bridgehead atoms. The molecule has 134 valence electrons. The maximum atomic E-state index is 5.98. The van der Waals surface area contributed by atoms with E-state index < -0.39 is 0 Å². The number of nitrogens with two attached hydrogens (primary N) is 1. The molecule has 27 heavy (non-hydrogen) atoms. The van der Waals surface area contributed by atoms with E-state index in [1.54, 1.807) is 11.3 Å². The summed E-state index contributed by atoms with van der Waals surface area (Å²) in [5, 5.41) is 5.91. The summed E-state index contributed by atoms with van der Waals surface area (Å²) in [6.07, 6.45) is -0.352. The van der Waals surface area contributed by atoms with Crippen LogP contribution >= 0.6 is 11.3 Å². The predicted octanol–water partition coefficient (Wildman–Crippen LogP) is 3.36. The summed E-state index contributed by atoms with van der Waals surface area (Å²) in [4.78, 5) is 13.9. The number of aliphatic imine (C=N–C) groups is 1. The molecule has 3 N–H and O–H groups in total. The maximum absolute atomic E-state index is 5.98. The lowest BCUT2D eigenvalue weighted by Gasteiger charge is -2.22. The molecule has 1 unspecified atom stereocenters. The van der Waals surface area contributed by atoms with E-state index >= 15 is 0 Å². The zero-order valence-electron chi connectivity index (χ0n) is 14.2. The van der Waals surface area contributed by atoms with E-state index in [4.69, 9.17) is 15.5 Å². The van der Waals surface area contributed by atoms with Crippen LogP contribution in [0, 0.1) is 0 Å². The molecule has 0 spiro atoms. The topological polar surface area (TPSA) is 90.4 Å². The molecule has 3 heterocycles. The normalized spacial score (nSPS) is 15.9. The van der Waals surface area contributed by atoms with Gasteiger partial charge in [-0.3, -0.25) is 9.88 Å². The molecule has 0 saturated heterocycles. The van der Waals surface area contributed by atoms with Crippen LogP contribution in [-0.2, 0) is 6.61 Å². The van der Waals surface area contributed by atoms with Gasteiger partial charge in [-0.05, 0) is 24.3 Å².